The third-order valence-electron chi connectivity index (χ3n) is 3.55. The zero-order chi connectivity index (χ0) is 17.7. The molecule has 2 N–H and O–H groups in total. The molecular formula is C19H28IN3O3. The predicted molar refractivity (Wildman–Crippen MR) is 114 cm³/mol. The number of nitrogens with zero attached hydrogens (tertiary/aromatic N) is 1. The number of furan rings is 1. The molecule has 0 atom stereocenters. The molecular weight excluding hydrogens is 445 g/mol. The van der Waals surface area contributed by atoms with Gasteiger partial charge in [0.2, 0.25) is 0 Å². The van der Waals surface area contributed by atoms with E-state index in [0.29, 0.717) is 13.1 Å². The van der Waals surface area contributed by atoms with Crippen LogP contribution in [0.5, 0.6) is 5.75 Å². The number of rotatable bonds is 10. The van der Waals surface area contributed by atoms with Crippen molar-refractivity contribution < 1.29 is 13.9 Å². The number of hydrogen-bond acceptors (Lipinski definition) is 4. The average molecular weight is 473 g/mol. The molecule has 0 saturated heterocycles. The molecule has 0 aliphatic carbocycles. The van der Waals surface area contributed by atoms with Crippen LogP contribution in [0.15, 0.2) is 52.1 Å². The zero-order valence-electron chi connectivity index (χ0n) is 15.4. The molecule has 26 heavy (non-hydrogen) atoms. The highest BCUT2D eigenvalue weighted by molar-refractivity contribution is 14.0. The molecule has 0 spiro atoms. The molecule has 0 saturated carbocycles. The van der Waals surface area contributed by atoms with E-state index in [9.17, 15) is 0 Å². The Bertz CT molecular complexity index is 615. The molecule has 0 amide bonds. The Kier molecular flexibility index (Phi) is 11.5. The van der Waals surface area contributed by atoms with Crippen molar-refractivity contribution in [2.24, 2.45) is 4.99 Å². The maximum Gasteiger partial charge on any atom is 0.191 e. The van der Waals surface area contributed by atoms with Gasteiger partial charge in [-0.25, -0.2) is 4.99 Å². The molecule has 1 aromatic carbocycles. The van der Waals surface area contributed by atoms with Crippen LogP contribution in [-0.4, -0.2) is 32.8 Å². The lowest BCUT2D eigenvalue weighted by atomic mass is 10.2. The molecule has 0 bridgehead atoms. The molecule has 0 aliphatic rings. The van der Waals surface area contributed by atoms with Crippen molar-refractivity contribution in [1.29, 1.82) is 0 Å². The summed E-state index contributed by atoms with van der Waals surface area (Å²) in [6.45, 7) is 5.46. The summed E-state index contributed by atoms with van der Waals surface area (Å²) in [4.78, 5) is 4.64. The highest BCUT2D eigenvalue weighted by atomic mass is 127. The predicted octanol–water partition coefficient (Wildman–Crippen LogP) is 3.57. The van der Waals surface area contributed by atoms with Gasteiger partial charge in [-0.2, -0.15) is 0 Å². The first-order chi connectivity index (χ1) is 12.3. The number of ether oxygens (including phenoxy) is 2. The summed E-state index contributed by atoms with van der Waals surface area (Å²) in [7, 11) is 1.66. The number of nitrogens with one attached hydrogen (secondary N) is 2. The van der Waals surface area contributed by atoms with E-state index in [-0.39, 0.29) is 24.0 Å². The summed E-state index contributed by atoms with van der Waals surface area (Å²) in [5, 5.41) is 6.61. The number of aliphatic imine (C=N–C) groups is 1. The molecule has 1 aromatic heterocycles. The maximum absolute atomic E-state index is 5.36. The second-order valence-electron chi connectivity index (χ2n) is 5.42. The van der Waals surface area contributed by atoms with Crippen molar-refractivity contribution in [1.82, 2.24) is 10.6 Å². The second kappa shape index (κ2) is 13.5. The van der Waals surface area contributed by atoms with Gasteiger partial charge in [0.25, 0.3) is 0 Å². The molecule has 144 valence electrons. The van der Waals surface area contributed by atoms with Gasteiger partial charge in [-0.05, 0) is 43.2 Å². The molecule has 0 radical (unpaired) electrons. The second-order valence-corrected chi connectivity index (χ2v) is 5.42. The van der Waals surface area contributed by atoms with Crippen molar-refractivity contribution >= 4 is 29.9 Å². The van der Waals surface area contributed by atoms with E-state index in [2.05, 4.69) is 15.6 Å². The Balaban J connectivity index is 0.00000338. The number of methoxy groups -OCH3 is 1. The highest BCUT2D eigenvalue weighted by Crippen LogP contribution is 2.11. The third-order valence-corrected chi connectivity index (χ3v) is 3.55. The van der Waals surface area contributed by atoms with Crippen LogP contribution in [0.2, 0.25) is 0 Å². The summed E-state index contributed by atoms with van der Waals surface area (Å²) < 4.78 is 15.9. The van der Waals surface area contributed by atoms with E-state index in [1.54, 1.807) is 13.4 Å². The molecule has 2 aromatic rings. The lowest BCUT2D eigenvalue weighted by Crippen LogP contribution is -2.37. The summed E-state index contributed by atoms with van der Waals surface area (Å²) in [5.74, 6) is 2.47. The molecule has 7 heteroatoms. The van der Waals surface area contributed by atoms with Crippen molar-refractivity contribution in [2.75, 3.05) is 26.9 Å². The number of hydrogen-bond donors (Lipinski definition) is 2. The van der Waals surface area contributed by atoms with Crippen LogP contribution < -0.4 is 15.4 Å². The highest BCUT2D eigenvalue weighted by Gasteiger charge is 2.01. The minimum Gasteiger partial charge on any atom is -0.497 e. The summed E-state index contributed by atoms with van der Waals surface area (Å²) in [5.41, 5.74) is 1.12. The Morgan fingerprint density at radius 2 is 1.96 bits per heavy atom. The minimum atomic E-state index is 0. The van der Waals surface area contributed by atoms with Crippen molar-refractivity contribution in [2.45, 2.75) is 26.4 Å². The van der Waals surface area contributed by atoms with E-state index in [0.717, 1.165) is 49.2 Å². The maximum atomic E-state index is 5.36. The van der Waals surface area contributed by atoms with E-state index in [1.807, 2.05) is 43.3 Å². The average Bonchev–Trinajstić information content (AvgIpc) is 3.17. The molecule has 1 heterocycles. The number of benzene rings is 1. The fraction of sp³-hybridized carbons (Fsp3) is 0.421. The molecule has 0 aliphatic heterocycles. The zero-order valence-corrected chi connectivity index (χ0v) is 17.7. The van der Waals surface area contributed by atoms with Crippen molar-refractivity contribution in [3.05, 3.63) is 54.0 Å². The molecule has 0 unspecified atom stereocenters. The van der Waals surface area contributed by atoms with E-state index in [1.165, 1.54) is 0 Å². The first kappa shape index (κ1) is 22.3. The minimum absolute atomic E-state index is 0. The normalized spacial score (nSPS) is 10.9. The largest absolute Gasteiger partial charge is 0.497 e. The number of halogens is 1. The van der Waals surface area contributed by atoms with Gasteiger partial charge in [0.1, 0.15) is 11.5 Å². The van der Waals surface area contributed by atoms with Gasteiger partial charge in [0.15, 0.2) is 5.96 Å². The Morgan fingerprint density at radius 1 is 1.15 bits per heavy atom. The topological polar surface area (TPSA) is 68.0 Å². The fourth-order valence-electron chi connectivity index (χ4n) is 2.18. The van der Waals surface area contributed by atoms with Crippen LogP contribution in [0.25, 0.3) is 0 Å². The lowest BCUT2D eigenvalue weighted by Gasteiger charge is -2.12. The van der Waals surface area contributed by atoms with Gasteiger partial charge >= 0.3 is 0 Å². The first-order valence-electron chi connectivity index (χ1n) is 8.57. The quantitative estimate of drug-likeness (QED) is 0.239. The Morgan fingerprint density at radius 3 is 2.62 bits per heavy atom. The van der Waals surface area contributed by atoms with Crippen LogP contribution in [0.1, 0.15) is 24.7 Å². The van der Waals surface area contributed by atoms with Gasteiger partial charge in [-0.3, -0.25) is 0 Å². The van der Waals surface area contributed by atoms with E-state index >= 15 is 0 Å². The lowest BCUT2D eigenvalue weighted by molar-refractivity contribution is 0.145. The molecule has 0 fully saturated rings. The monoisotopic (exact) mass is 473 g/mol. The van der Waals surface area contributed by atoms with Gasteiger partial charge < -0.3 is 24.5 Å². The van der Waals surface area contributed by atoms with Gasteiger partial charge in [-0.1, -0.05) is 12.1 Å². The number of guanidine groups is 1. The first-order valence-corrected chi connectivity index (χ1v) is 8.57. The van der Waals surface area contributed by atoms with E-state index < -0.39 is 0 Å². The summed E-state index contributed by atoms with van der Waals surface area (Å²) in [6, 6.07) is 11.7. The Labute approximate surface area is 172 Å². The van der Waals surface area contributed by atoms with Crippen LogP contribution >= 0.6 is 24.0 Å². The van der Waals surface area contributed by atoms with Crippen molar-refractivity contribution in [3.63, 3.8) is 0 Å². The van der Waals surface area contributed by atoms with Crippen molar-refractivity contribution in [3.8, 4) is 5.75 Å². The fourth-order valence-corrected chi connectivity index (χ4v) is 2.18. The molecule has 6 nitrogen and oxygen atoms in total. The van der Waals surface area contributed by atoms with Gasteiger partial charge in [0.05, 0.1) is 26.5 Å². The van der Waals surface area contributed by atoms with Crippen LogP contribution in [0, 0.1) is 0 Å². The van der Waals surface area contributed by atoms with Crippen LogP contribution in [0.3, 0.4) is 0 Å². The molecule has 2 rings (SSSR count). The third kappa shape index (κ3) is 8.57. The van der Waals surface area contributed by atoms with Crippen LogP contribution in [-0.2, 0) is 17.8 Å². The standard InChI is InChI=1S/C19H27N3O3.HI/c1-3-24-12-5-11-20-19(22-15-18-6-4-13-25-18)21-14-16-7-9-17(23-2)10-8-16;/h4,6-10,13H,3,5,11-12,14-15H2,1-2H3,(H2,20,21,22);1H. The van der Waals surface area contributed by atoms with Crippen LogP contribution in [0.4, 0.5) is 0 Å². The van der Waals surface area contributed by atoms with Gasteiger partial charge in [-0.15, -0.1) is 24.0 Å². The van der Waals surface area contributed by atoms with E-state index in [4.69, 9.17) is 13.9 Å². The Hall–Kier alpha value is -1.74. The SMILES string of the molecule is CCOCCCNC(=NCc1ccc(OC)cc1)NCc1ccco1.I. The van der Waals surface area contributed by atoms with Gasteiger partial charge in [0, 0.05) is 19.8 Å². The smallest absolute Gasteiger partial charge is 0.191 e. The summed E-state index contributed by atoms with van der Waals surface area (Å²) in [6.07, 6.45) is 2.60. The summed E-state index contributed by atoms with van der Waals surface area (Å²) >= 11 is 0.